The van der Waals surface area contributed by atoms with Crippen molar-refractivity contribution in [3.05, 3.63) is 83.6 Å². The molecule has 1 amide bonds. The second kappa shape index (κ2) is 8.75. The maximum Gasteiger partial charge on any atom is 0.303 e. The number of carbonyl (C=O) groups is 1. The zero-order valence-electron chi connectivity index (χ0n) is 19.7. The van der Waals surface area contributed by atoms with Crippen LogP contribution in [0, 0.1) is 13.8 Å². The Morgan fingerprint density at radius 1 is 0.971 bits per heavy atom. The Kier molecular flexibility index (Phi) is 5.74. The van der Waals surface area contributed by atoms with E-state index in [-0.39, 0.29) is 5.91 Å². The lowest BCUT2D eigenvalue weighted by molar-refractivity contribution is 0.102. The van der Waals surface area contributed by atoms with Crippen LogP contribution in [0.5, 0.6) is 0 Å². The first-order valence-electron chi connectivity index (χ1n) is 11.2. The summed E-state index contributed by atoms with van der Waals surface area (Å²) in [7, 11) is -1.95. The van der Waals surface area contributed by atoms with E-state index in [0.717, 1.165) is 22.0 Å². The van der Waals surface area contributed by atoms with E-state index in [1.54, 1.807) is 38.4 Å². The highest BCUT2D eigenvalue weighted by atomic mass is 32.2. The maximum absolute atomic E-state index is 13.1. The number of aromatic nitrogens is 2. The number of hydrogen-bond acceptors (Lipinski definition) is 5. The predicted molar refractivity (Wildman–Crippen MR) is 138 cm³/mol. The van der Waals surface area contributed by atoms with Crippen molar-refractivity contribution in [2.24, 2.45) is 0 Å². The van der Waals surface area contributed by atoms with Gasteiger partial charge in [0, 0.05) is 48.5 Å². The van der Waals surface area contributed by atoms with Crippen molar-refractivity contribution < 1.29 is 13.2 Å². The summed E-state index contributed by atoms with van der Waals surface area (Å²) in [5, 5.41) is 3.91. The van der Waals surface area contributed by atoms with Gasteiger partial charge in [-0.15, -0.1) is 0 Å². The molecule has 9 heteroatoms. The lowest BCUT2D eigenvalue weighted by Crippen LogP contribution is -2.30. The monoisotopic (exact) mass is 487 g/mol. The minimum absolute atomic E-state index is 0.273. The molecule has 35 heavy (non-hydrogen) atoms. The van der Waals surface area contributed by atoms with Crippen LogP contribution in [0.3, 0.4) is 0 Å². The summed E-state index contributed by atoms with van der Waals surface area (Å²) in [4.78, 5) is 22.3. The molecule has 1 aliphatic rings. The number of aryl methyl sites for hydroxylation is 2. The van der Waals surface area contributed by atoms with Crippen LogP contribution in [0.2, 0.25) is 0 Å². The lowest BCUT2D eigenvalue weighted by atomic mass is 10.1. The van der Waals surface area contributed by atoms with Gasteiger partial charge in [-0.25, -0.2) is 9.97 Å². The second-order valence-electron chi connectivity index (χ2n) is 8.64. The molecule has 1 aliphatic heterocycles. The van der Waals surface area contributed by atoms with Crippen LogP contribution in [0.15, 0.2) is 66.9 Å². The smallest absolute Gasteiger partial charge is 0.303 e. The average Bonchev–Trinajstić information content (AvgIpc) is 3.11. The molecule has 0 unspecified atom stereocenters. The molecule has 0 atom stereocenters. The molecule has 0 radical (unpaired) electrons. The van der Waals surface area contributed by atoms with Gasteiger partial charge in [0.15, 0.2) is 5.82 Å². The Morgan fingerprint density at radius 2 is 1.77 bits per heavy atom. The van der Waals surface area contributed by atoms with Crippen LogP contribution in [0.1, 0.15) is 21.5 Å². The average molecular weight is 488 g/mol. The molecular weight excluding hydrogens is 462 g/mol. The number of carbonyl (C=O) groups excluding carboxylic acids is 1. The molecule has 0 saturated carbocycles. The number of anilines is 2. The van der Waals surface area contributed by atoms with Crippen molar-refractivity contribution in [3.8, 4) is 11.4 Å². The van der Waals surface area contributed by atoms with Gasteiger partial charge in [-0.05, 0) is 61.4 Å². The molecule has 0 aliphatic carbocycles. The maximum atomic E-state index is 13.1. The Morgan fingerprint density at radius 3 is 2.51 bits per heavy atom. The lowest BCUT2D eigenvalue weighted by Gasteiger charge is -2.19. The minimum atomic E-state index is -3.51. The molecule has 3 aromatic carbocycles. The summed E-state index contributed by atoms with van der Waals surface area (Å²) in [6, 6.07) is 18.5. The molecule has 8 nitrogen and oxygen atoms in total. The minimum Gasteiger partial charge on any atom is -0.322 e. The van der Waals surface area contributed by atoms with Gasteiger partial charge in [0.25, 0.3) is 5.91 Å². The van der Waals surface area contributed by atoms with Crippen molar-refractivity contribution in [2.45, 2.75) is 13.8 Å². The third-order valence-electron chi connectivity index (χ3n) is 6.26. The van der Waals surface area contributed by atoms with Gasteiger partial charge in [0.2, 0.25) is 0 Å². The summed E-state index contributed by atoms with van der Waals surface area (Å²) in [6.45, 7) is 4.59. The zero-order valence-corrected chi connectivity index (χ0v) is 20.5. The summed E-state index contributed by atoms with van der Waals surface area (Å²) in [5.41, 5.74) is 5.03. The molecule has 178 valence electrons. The normalized spacial score (nSPS) is 15.5. The number of para-hydroxylation sites is 1. The number of benzene rings is 3. The van der Waals surface area contributed by atoms with E-state index in [4.69, 9.17) is 0 Å². The molecule has 1 saturated heterocycles. The third-order valence-corrected chi connectivity index (χ3v) is 8.18. The molecule has 1 N–H and O–H groups in total. The molecular formula is C26H25N5O3S. The molecule has 0 spiro atoms. The van der Waals surface area contributed by atoms with Crippen molar-refractivity contribution >= 4 is 38.4 Å². The van der Waals surface area contributed by atoms with E-state index in [1.165, 1.54) is 8.61 Å². The molecule has 2 heterocycles. The van der Waals surface area contributed by atoms with Crippen LogP contribution in [-0.2, 0) is 10.2 Å². The molecule has 1 fully saturated rings. The van der Waals surface area contributed by atoms with E-state index in [1.807, 2.05) is 49.4 Å². The fourth-order valence-electron chi connectivity index (χ4n) is 4.19. The Hall–Kier alpha value is -3.82. The number of hydrogen-bond donors (Lipinski definition) is 1. The molecule has 5 rings (SSSR count). The Bertz CT molecular complexity index is 1570. The zero-order chi connectivity index (χ0) is 24.7. The van der Waals surface area contributed by atoms with Crippen LogP contribution in [0.4, 0.5) is 11.4 Å². The van der Waals surface area contributed by atoms with E-state index in [9.17, 15) is 13.2 Å². The molecule has 4 aromatic rings. The predicted octanol–water partition coefficient (Wildman–Crippen LogP) is 4.16. The van der Waals surface area contributed by atoms with E-state index >= 15 is 0 Å². The first-order valence-corrected chi connectivity index (χ1v) is 12.6. The summed E-state index contributed by atoms with van der Waals surface area (Å²) in [5.74, 6) is 0.319. The number of nitrogens with zero attached hydrogens (tertiary/aromatic N) is 4. The SMILES string of the molecule is Cc1cc(N2CCN(C)S2(=O)=O)ccc1C(=O)Nc1ccc(C)c(-c2ncc3ccccc3n2)c1. The number of fused-ring (bicyclic) bond motifs is 1. The van der Waals surface area contributed by atoms with Gasteiger partial charge < -0.3 is 5.32 Å². The van der Waals surface area contributed by atoms with Crippen LogP contribution in [0.25, 0.3) is 22.3 Å². The highest BCUT2D eigenvalue weighted by molar-refractivity contribution is 7.90. The van der Waals surface area contributed by atoms with Crippen molar-refractivity contribution in [2.75, 3.05) is 29.8 Å². The van der Waals surface area contributed by atoms with Crippen LogP contribution in [-0.4, -0.2) is 48.7 Å². The van der Waals surface area contributed by atoms with Gasteiger partial charge in [-0.2, -0.15) is 12.7 Å². The van der Waals surface area contributed by atoms with Crippen LogP contribution >= 0.6 is 0 Å². The van der Waals surface area contributed by atoms with Gasteiger partial charge in [-0.3, -0.25) is 9.10 Å². The first kappa shape index (κ1) is 22.9. The summed E-state index contributed by atoms with van der Waals surface area (Å²) in [6.07, 6.45) is 1.80. The fraction of sp³-hybridized carbons (Fsp3) is 0.192. The van der Waals surface area contributed by atoms with Crippen molar-refractivity contribution in [1.82, 2.24) is 14.3 Å². The Labute approximate surface area is 204 Å². The van der Waals surface area contributed by atoms with Gasteiger partial charge in [-0.1, -0.05) is 24.3 Å². The van der Waals surface area contributed by atoms with Gasteiger partial charge in [0.05, 0.1) is 11.2 Å². The van der Waals surface area contributed by atoms with Crippen molar-refractivity contribution in [3.63, 3.8) is 0 Å². The van der Waals surface area contributed by atoms with E-state index < -0.39 is 10.2 Å². The van der Waals surface area contributed by atoms with Gasteiger partial charge in [0.1, 0.15) is 0 Å². The first-order chi connectivity index (χ1) is 16.7. The largest absolute Gasteiger partial charge is 0.322 e. The quantitative estimate of drug-likeness (QED) is 0.466. The van der Waals surface area contributed by atoms with E-state index in [0.29, 0.717) is 41.4 Å². The summed E-state index contributed by atoms with van der Waals surface area (Å²) < 4.78 is 27.6. The fourth-order valence-corrected chi connectivity index (χ4v) is 5.53. The summed E-state index contributed by atoms with van der Waals surface area (Å²) >= 11 is 0. The van der Waals surface area contributed by atoms with Crippen LogP contribution < -0.4 is 9.62 Å². The Balaban J connectivity index is 1.40. The molecule has 0 bridgehead atoms. The number of amides is 1. The van der Waals surface area contributed by atoms with Crippen molar-refractivity contribution in [1.29, 1.82) is 0 Å². The number of likely N-dealkylation sites (N-methyl/N-ethyl adjacent to an activating group) is 1. The number of rotatable bonds is 4. The van der Waals surface area contributed by atoms with E-state index in [2.05, 4.69) is 15.3 Å². The highest BCUT2D eigenvalue weighted by Gasteiger charge is 2.34. The second-order valence-corrected chi connectivity index (χ2v) is 10.6. The highest BCUT2D eigenvalue weighted by Crippen LogP contribution is 2.28. The topological polar surface area (TPSA) is 95.5 Å². The number of nitrogens with one attached hydrogen (secondary N) is 1. The molecule has 1 aromatic heterocycles. The third kappa shape index (κ3) is 4.24. The standard InChI is InChI=1S/C26H25N5O3S/c1-17-8-9-20(15-23(17)25-27-16-19-6-4-5-7-24(19)29-25)28-26(32)22-11-10-21(14-18(22)2)31-13-12-30(3)35(31,33)34/h4-11,14-16H,12-13H2,1-3H3,(H,28,32). The van der Waals surface area contributed by atoms with Gasteiger partial charge >= 0.3 is 10.2 Å².